The molecule has 5 nitrogen and oxygen atoms in total. The fourth-order valence-electron chi connectivity index (χ4n) is 2.91. The number of para-hydroxylation sites is 1. The van der Waals surface area contributed by atoms with Crippen molar-refractivity contribution in [2.45, 2.75) is 19.1 Å². The van der Waals surface area contributed by atoms with Gasteiger partial charge in [0.1, 0.15) is 12.6 Å². The van der Waals surface area contributed by atoms with Crippen LogP contribution in [0.1, 0.15) is 12.0 Å². The number of esters is 1. The number of amides is 1. The van der Waals surface area contributed by atoms with Gasteiger partial charge in [-0.1, -0.05) is 77.8 Å². The third-order valence-corrected chi connectivity index (χ3v) is 6.51. The lowest BCUT2D eigenvalue weighted by molar-refractivity contribution is -0.145. The number of carbonyl (C=O) groups is 2. The Morgan fingerprint density at radius 2 is 1.67 bits per heavy atom. The van der Waals surface area contributed by atoms with E-state index in [-0.39, 0.29) is 18.9 Å². The number of anilines is 2. The molecule has 0 spiro atoms. The molecular weight excluding hydrogens is 574 g/mol. The van der Waals surface area contributed by atoms with Gasteiger partial charge in [0, 0.05) is 10.7 Å². The molecule has 0 bridgehead atoms. The maximum Gasteiger partial charge on any atom is 0.329 e. The Hall–Kier alpha value is -2.55. The van der Waals surface area contributed by atoms with Crippen LogP contribution in [0, 0.1) is 3.57 Å². The van der Waals surface area contributed by atoms with Crippen molar-refractivity contribution in [3.05, 3.63) is 104 Å². The van der Waals surface area contributed by atoms with Crippen LogP contribution in [0.5, 0.6) is 0 Å². The third kappa shape index (κ3) is 8.07. The van der Waals surface area contributed by atoms with Gasteiger partial charge < -0.3 is 15.4 Å². The van der Waals surface area contributed by atoms with Gasteiger partial charge in [0.2, 0.25) is 5.91 Å². The Kier molecular flexibility index (Phi) is 9.60. The number of carbonyl (C=O) groups excluding carboxylic acids is 2. The average molecular weight is 595 g/mol. The van der Waals surface area contributed by atoms with E-state index in [4.69, 9.17) is 27.9 Å². The summed E-state index contributed by atoms with van der Waals surface area (Å²) >= 11 is 14.5. The molecule has 0 saturated heterocycles. The highest BCUT2D eigenvalue weighted by atomic mass is 127. The molecule has 1 unspecified atom stereocenters. The van der Waals surface area contributed by atoms with Gasteiger partial charge in [0.05, 0.1) is 14.3 Å². The number of ether oxygens (including phenoxy) is 1. The van der Waals surface area contributed by atoms with Gasteiger partial charge in [-0.3, -0.25) is 4.79 Å². The highest BCUT2D eigenvalue weighted by molar-refractivity contribution is 14.1. The fourth-order valence-corrected chi connectivity index (χ4v) is 3.87. The van der Waals surface area contributed by atoms with Crippen molar-refractivity contribution in [1.29, 1.82) is 0 Å². The van der Waals surface area contributed by atoms with Crippen molar-refractivity contribution in [2.75, 3.05) is 10.6 Å². The molecule has 3 aromatic rings. The minimum Gasteiger partial charge on any atom is -0.459 e. The lowest BCUT2D eigenvalue weighted by Gasteiger charge is -2.19. The molecule has 2 N–H and O–H groups in total. The first-order valence-corrected chi connectivity index (χ1v) is 11.9. The molecule has 0 radical (unpaired) electrons. The van der Waals surface area contributed by atoms with Crippen LogP contribution in [-0.4, -0.2) is 17.9 Å². The van der Waals surface area contributed by atoms with Gasteiger partial charge in [-0.2, -0.15) is 0 Å². The summed E-state index contributed by atoms with van der Waals surface area (Å²) in [6.45, 7) is 0.142. The zero-order valence-corrected chi connectivity index (χ0v) is 21.1. The standard InChI is InChI=1S/C25H21Cl2IN2O3/c26-18-14-20(27)24(28)22(15-18)30-21(25(32)33-16-17-8-3-1-4-9-17)12-7-13-23(31)29-19-10-5-2-6-11-19/h1-11,13-15,21,30H,12,16H2,(H,29,31). The molecule has 0 aliphatic rings. The van der Waals surface area contributed by atoms with Crippen LogP contribution < -0.4 is 10.6 Å². The molecule has 0 heterocycles. The lowest BCUT2D eigenvalue weighted by atomic mass is 10.1. The first-order valence-electron chi connectivity index (χ1n) is 10.1. The van der Waals surface area contributed by atoms with Crippen LogP contribution in [-0.2, 0) is 20.9 Å². The zero-order chi connectivity index (χ0) is 23.6. The fraction of sp³-hybridized carbons (Fsp3) is 0.120. The van der Waals surface area contributed by atoms with Crippen molar-refractivity contribution in [2.24, 2.45) is 0 Å². The van der Waals surface area contributed by atoms with Gasteiger partial charge in [0.15, 0.2) is 0 Å². The molecule has 170 valence electrons. The molecule has 0 aromatic heterocycles. The maximum atomic E-state index is 12.9. The van der Waals surface area contributed by atoms with E-state index in [2.05, 4.69) is 33.2 Å². The molecular formula is C25H21Cl2IN2O3. The Bertz CT molecular complexity index is 1130. The first kappa shape index (κ1) is 25.1. The second-order valence-corrected chi connectivity index (χ2v) is 8.96. The average Bonchev–Trinajstić information content (AvgIpc) is 2.81. The van der Waals surface area contributed by atoms with Crippen LogP contribution in [0.25, 0.3) is 0 Å². The number of hydrogen-bond acceptors (Lipinski definition) is 4. The van der Waals surface area contributed by atoms with Crippen LogP contribution in [0.3, 0.4) is 0 Å². The van der Waals surface area contributed by atoms with Crippen molar-refractivity contribution < 1.29 is 14.3 Å². The van der Waals surface area contributed by atoms with E-state index < -0.39 is 12.0 Å². The normalized spacial score (nSPS) is 11.7. The highest BCUT2D eigenvalue weighted by Crippen LogP contribution is 2.31. The first-order chi connectivity index (χ1) is 15.9. The molecule has 0 aliphatic carbocycles. The van der Waals surface area contributed by atoms with Gasteiger partial charge in [-0.15, -0.1) is 0 Å². The van der Waals surface area contributed by atoms with E-state index in [0.717, 1.165) is 9.13 Å². The predicted octanol–water partition coefficient (Wildman–Crippen LogP) is 6.71. The molecule has 8 heteroatoms. The second-order valence-electron chi connectivity index (χ2n) is 7.03. The van der Waals surface area contributed by atoms with E-state index in [1.54, 1.807) is 30.3 Å². The molecule has 0 fully saturated rings. The minimum atomic E-state index is -0.752. The van der Waals surface area contributed by atoms with E-state index >= 15 is 0 Å². The smallest absolute Gasteiger partial charge is 0.329 e. The van der Waals surface area contributed by atoms with Crippen molar-refractivity contribution in [1.82, 2.24) is 0 Å². The van der Waals surface area contributed by atoms with Crippen molar-refractivity contribution >= 4 is 69.0 Å². The van der Waals surface area contributed by atoms with E-state index in [9.17, 15) is 9.59 Å². The van der Waals surface area contributed by atoms with Gasteiger partial charge >= 0.3 is 5.97 Å². The monoisotopic (exact) mass is 594 g/mol. The number of halogens is 3. The summed E-state index contributed by atoms with van der Waals surface area (Å²) in [6.07, 6.45) is 3.23. The van der Waals surface area contributed by atoms with Gasteiger partial charge in [0.25, 0.3) is 0 Å². The van der Waals surface area contributed by atoms with Crippen LogP contribution >= 0.6 is 45.8 Å². The summed E-state index contributed by atoms with van der Waals surface area (Å²) in [6, 6.07) is 21.1. The lowest BCUT2D eigenvalue weighted by Crippen LogP contribution is -2.31. The summed E-state index contributed by atoms with van der Waals surface area (Å²) in [4.78, 5) is 25.1. The maximum absolute atomic E-state index is 12.9. The van der Waals surface area contributed by atoms with Gasteiger partial charge in [-0.05, 0) is 64.9 Å². The Morgan fingerprint density at radius 3 is 2.36 bits per heavy atom. The molecule has 3 aromatic carbocycles. The minimum absolute atomic E-state index is 0.142. The highest BCUT2D eigenvalue weighted by Gasteiger charge is 2.21. The third-order valence-electron chi connectivity index (χ3n) is 4.51. The summed E-state index contributed by atoms with van der Waals surface area (Å²) < 4.78 is 6.24. The number of rotatable bonds is 9. The summed E-state index contributed by atoms with van der Waals surface area (Å²) in [7, 11) is 0. The van der Waals surface area contributed by atoms with E-state index in [0.29, 0.717) is 21.4 Å². The summed E-state index contributed by atoms with van der Waals surface area (Å²) in [5.41, 5.74) is 2.17. The SMILES string of the molecule is O=C(C=CCC(Nc1cc(Cl)cc(Cl)c1I)C(=O)OCc1ccccc1)Nc1ccccc1. The number of nitrogens with one attached hydrogen (secondary N) is 2. The van der Waals surface area contributed by atoms with E-state index in [1.807, 2.05) is 48.5 Å². The molecule has 0 saturated carbocycles. The van der Waals surface area contributed by atoms with Gasteiger partial charge in [-0.25, -0.2) is 4.79 Å². The predicted molar refractivity (Wildman–Crippen MR) is 142 cm³/mol. The second kappa shape index (κ2) is 12.6. The number of hydrogen-bond donors (Lipinski definition) is 2. The molecule has 3 rings (SSSR count). The van der Waals surface area contributed by atoms with Crippen LogP contribution in [0.4, 0.5) is 11.4 Å². The molecule has 1 amide bonds. The quantitative estimate of drug-likeness (QED) is 0.125. The molecule has 33 heavy (non-hydrogen) atoms. The van der Waals surface area contributed by atoms with E-state index in [1.165, 1.54) is 6.08 Å². The summed E-state index contributed by atoms with van der Waals surface area (Å²) in [5, 5.41) is 6.84. The van der Waals surface area contributed by atoms with Crippen LogP contribution in [0.15, 0.2) is 84.9 Å². The van der Waals surface area contributed by atoms with Crippen LogP contribution in [0.2, 0.25) is 10.0 Å². The van der Waals surface area contributed by atoms with Crippen molar-refractivity contribution in [3.63, 3.8) is 0 Å². The molecule has 1 atom stereocenters. The largest absolute Gasteiger partial charge is 0.459 e. The Balaban J connectivity index is 1.70. The Labute approximate surface area is 216 Å². The number of benzene rings is 3. The molecule has 0 aliphatic heterocycles. The zero-order valence-electron chi connectivity index (χ0n) is 17.4. The topological polar surface area (TPSA) is 67.4 Å². The van der Waals surface area contributed by atoms with Crippen molar-refractivity contribution in [3.8, 4) is 0 Å². The summed E-state index contributed by atoms with van der Waals surface area (Å²) in [5.74, 6) is -0.753. The Morgan fingerprint density at radius 1 is 1.00 bits per heavy atom.